The maximum absolute atomic E-state index is 11.5. The van der Waals surface area contributed by atoms with Crippen LogP contribution in [0.15, 0.2) is 48.5 Å². The Morgan fingerprint density at radius 1 is 1.07 bits per heavy atom. The minimum absolute atomic E-state index is 0. The van der Waals surface area contributed by atoms with Crippen molar-refractivity contribution < 1.29 is 14.6 Å². The lowest BCUT2D eigenvalue weighted by Crippen LogP contribution is -2.29. The molecule has 0 amide bonds. The monoisotopic (exact) mass is 438 g/mol. The third-order valence-corrected chi connectivity index (χ3v) is 6.07. The minimum Gasteiger partial charge on any atom is -0.497 e. The van der Waals surface area contributed by atoms with E-state index in [1.807, 2.05) is 24.3 Å². The van der Waals surface area contributed by atoms with Gasteiger partial charge in [-0.25, -0.2) is 4.79 Å². The number of fused-ring (bicyclic) bond motifs is 1. The number of likely N-dealkylation sites (tertiary alicyclic amines) is 2. The Balaban J connectivity index is 0.00000150. The van der Waals surface area contributed by atoms with Crippen LogP contribution in [0.1, 0.15) is 27.5 Å². The van der Waals surface area contributed by atoms with Gasteiger partial charge in [0.15, 0.2) is 0 Å². The second-order valence-electron chi connectivity index (χ2n) is 7.74. The number of nitrogens with zero attached hydrogens (tertiary/aromatic N) is 2. The molecule has 0 aromatic heterocycles. The van der Waals surface area contributed by atoms with Crippen molar-refractivity contribution in [1.29, 1.82) is 0 Å². The highest BCUT2D eigenvalue weighted by atomic mass is 35.5. The number of carbonyl (C=O) groups is 1. The van der Waals surface area contributed by atoms with Gasteiger partial charge in [0.2, 0.25) is 0 Å². The van der Waals surface area contributed by atoms with E-state index in [0.29, 0.717) is 30.0 Å². The SMILES string of the molecule is COc1ccc([C@H]2[C@@H]3CN(Cc4ccccc4C(=O)O)C[C@@H]3CN2C)cc1.Cl.Cl. The van der Waals surface area contributed by atoms with Crippen LogP contribution in [0.5, 0.6) is 5.75 Å². The van der Waals surface area contributed by atoms with E-state index in [4.69, 9.17) is 4.74 Å². The number of ether oxygens (including phenoxy) is 1. The van der Waals surface area contributed by atoms with Crippen LogP contribution in [-0.4, -0.2) is 54.7 Å². The molecule has 2 aromatic carbocycles. The molecule has 1 N–H and O–H groups in total. The van der Waals surface area contributed by atoms with Gasteiger partial charge in [-0.15, -0.1) is 24.8 Å². The van der Waals surface area contributed by atoms with Crippen LogP contribution < -0.4 is 4.74 Å². The molecule has 5 nitrogen and oxygen atoms in total. The highest BCUT2D eigenvalue weighted by Gasteiger charge is 2.46. The Hall–Kier alpha value is -1.79. The number of hydrogen-bond acceptors (Lipinski definition) is 4. The van der Waals surface area contributed by atoms with Crippen molar-refractivity contribution in [3.63, 3.8) is 0 Å². The van der Waals surface area contributed by atoms with Crippen molar-refractivity contribution >= 4 is 30.8 Å². The molecule has 158 valence electrons. The number of rotatable bonds is 5. The van der Waals surface area contributed by atoms with E-state index in [1.54, 1.807) is 19.2 Å². The lowest BCUT2D eigenvalue weighted by Gasteiger charge is -2.27. The first-order chi connectivity index (χ1) is 13.1. The van der Waals surface area contributed by atoms with E-state index >= 15 is 0 Å². The van der Waals surface area contributed by atoms with E-state index in [2.05, 4.69) is 29.0 Å². The zero-order chi connectivity index (χ0) is 19.0. The first kappa shape index (κ1) is 23.5. The summed E-state index contributed by atoms with van der Waals surface area (Å²) in [5.74, 6) is 1.23. The van der Waals surface area contributed by atoms with Crippen molar-refractivity contribution in [3.8, 4) is 5.75 Å². The molecule has 0 bridgehead atoms. The number of methoxy groups -OCH3 is 1. The second kappa shape index (κ2) is 9.81. The molecule has 0 unspecified atom stereocenters. The Labute approximate surface area is 184 Å². The van der Waals surface area contributed by atoms with Crippen molar-refractivity contribution in [1.82, 2.24) is 9.80 Å². The molecular weight excluding hydrogens is 411 g/mol. The lowest BCUT2D eigenvalue weighted by molar-refractivity contribution is 0.0694. The topological polar surface area (TPSA) is 53.0 Å². The fraction of sp³-hybridized carbons (Fsp3) is 0.409. The summed E-state index contributed by atoms with van der Waals surface area (Å²) >= 11 is 0. The number of carboxylic acids is 1. The molecule has 0 radical (unpaired) electrons. The van der Waals surface area contributed by atoms with Gasteiger partial charge >= 0.3 is 5.97 Å². The average Bonchev–Trinajstić information content (AvgIpc) is 3.17. The molecule has 7 heteroatoms. The van der Waals surface area contributed by atoms with Crippen molar-refractivity contribution in [2.45, 2.75) is 12.6 Å². The summed E-state index contributed by atoms with van der Waals surface area (Å²) in [4.78, 5) is 16.4. The second-order valence-corrected chi connectivity index (χ2v) is 7.74. The van der Waals surface area contributed by atoms with Crippen molar-refractivity contribution in [2.75, 3.05) is 33.8 Å². The summed E-state index contributed by atoms with van der Waals surface area (Å²) in [5.41, 5.74) is 2.65. The Morgan fingerprint density at radius 2 is 1.76 bits per heavy atom. The summed E-state index contributed by atoms with van der Waals surface area (Å²) in [5, 5.41) is 9.43. The highest BCUT2D eigenvalue weighted by molar-refractivity contribution is 5.89. The van der Waals surface area contributed by atoms with Gasteiger partial charge in [-0.05, 0) is 48.2 Å². The quantitative estimate of drug-likeness (QED) is 0.764. The fourth-order valence-electron chi connectivity index (χ4n) is 4.89. The maximum atomic E-state index is 11.5. The van der Waals surface area contributed by atoms with Crippen LogP contribution in [0.25, 0.3) is 0 Å². The molecule has 2 aromatic rings. The zero-order valence-corrected chi connectivity index (χ0v) is 18.3. The summed E-state index contributed by atoms with van der Waals surface area (Å²) in [7, 11) is 3.90. The van der Waals surface area contributed by atoms with Crippen LogP contribution in [0.2, 0.25) is 0 Å². The standard InChI is InChI=1S/C22H26N2O3.2ClH/c1-23-11-17-13-24(12-16-5-3-4-6-19(16)22(25)26)14-20(17)21(23)15-7-9-18(27-2)10-8-15;;/h3-10,17,20-21H,11-14H2,1-2H3,(H,25,26);2*1H/t17-,20+,21-;;/m0../s1. The number of benzene rings is 2. The summed E-state index contributed by atoms with van der Waals surface area (Å²) in [6.07, 6.45) is 0. The molecule has 3 atom stereocenters. The fourth-order valence-corrected chi connectivity index (χ4v) is 4.89. The molecule has 2 heterocycles. The first-order valence-electron chi connectivity index (χ1n) is 9.44. The molecule has 2 aliphatic rings. The summed E-state index contributed by atoms with van der Waals surface area (Å²) < 4.78 is 5.29. The molecule has 29 heavy (non-hydrogen) atoms. The van der Waals surface area contributed by atoms with Gasteiger partial charge < -0.3 is 9.84 Å². The van der Waals surface area contributed by atoms with E-state index in [1.165, 1.54) is 5.56 Å². The maximum Gasteiger partial charge on any atom is 0.336 e. The van der Waals surface area contributed by atoms with E-state index in [9.17, 15) is 9.90 Å². The molecule has 2 saturated heterocycles. The third-order valence-electron chi connectivity index (χ3n) is 6.07. The van der Waals surface area contributed by atoms with Crippen LogP contribution in [-0.2, 0) is 6.54 Å². The van der Waals surface area contributed by atoms with E-state index < -0.39 is 5.97 Å². The highest BCUT2D eigenvalue weighted by Crippen LogP contribution is 2.44. The molecule has 4 rings (SSSR count). The molecule has 0 saturated carbocycles. The molecule has 0 spiro atoms. The van der Waals surface area contributed by atoms with Gasteiger partial charge in [0, 0.05) is 32.2 Å². The normalized spacial score (nSPS) is 23.7. The Kier molecular flexibility index (Phi) is 7.94. The Bertz CT molecular complexity index is 831. The molecular formula is C22H28Cl2N2O3. The number of carboxylic acid groups (broad SMARTS) is 1. The van der Waals surface area contributed by atoms with Crippen LogP contribution in [0.4, 0.5) is 0 Å². The zero-order valence-electron chi connectivity index (χ0n) is 16.7. The predicted molar refractivity (Wildman–Crippen MR) is 119 cm³/mol. The van der Waals surface area contributed by atoms with E-state index in [0.717, 1.165) is 30.9 Å². The van der Waals surface area contributed by atoms with Crippen LogP contribution >= 0.6 is 24.8 Å². The molecule has 2 fully saturated rings. The predicted octanol–water partition coefficient (Wildman–Crippen LogP) is 3.97. The van der Waals surface area contributed by atoms with Crippen LogP contribution in [0.3, 0.4) is 0 Å². The Morgan fingerprint density at radius 3 is 2.41 bits per heavy atom. The number of halogens is 2. The van der Waals surface area contributed by atoms with Gasteiger partial charge in [0.1, 0.15) is 5.75 Å². The third kappa shape index (κ3) is 4.69. The first-order valence-corrected chi connectivity index (χ1v) is 9.44. The van der Waals surface area contributed by atoms with Gasteiger partial charge in [-0.1, -0.05) is 30.3 Å². The summed E-state index contributed by atoms with van der Waals surface area (Å²) in [6.45, 7) is 3.81. The van der Waals surface area contributed by atoms with Crippen molar-refractivity contribution in [3.05, 3.63) is 65.2 Å². The molecule has 0 aliphatic carbocycles. The van der Waals surface area contributed by atoms with Gasteiger partial charge in [-0.3, -0.25) is 9.80 Å². The minimum atomic E-state index is -0.846. The number of aromatic carboxylic acids is 1. The van der Waals surface area contributed by atoms with Gasteiger partial charge in [0.05, 0.1) is 12.7 Å². The van der Waals surface area contributed by atoms with Gasteiger partial charge in [-0.2, -0.15) is 0 Å². The lowest BCUT2D eigenvalue weighted by atomic mass is 9.89. The number of hydrogen-bond donors (Lipinski definition) is 1. The average molecular weight is 439 g/mol. The smallest absolute Gasteiger partial charge is 0.336 e. The van der Waals surface area contributed by atoms with Crippen molar-refractivity contribution in [2.24, 2.45) is 11.8 Å². The van der Waals surface area contributed by atoms with E-state index in [-0.39, 0.29) is 24.8 Å². The summed E-state index contributed by atoms with van der Waals surface area (Å²) in [6, 6.07) is 16.2. The largest absolute Gasteiger partial charge is 0.497 e. The molecule has 2 aliphatic heterocycles. The van der Waals surface area contributed by atoms with Crippen LogP contribution in [0, 0.1) is 11.8 Å². The van der Waals surface area contributed by atoms with Gasteiger partial charge in [0.25, 0.3) is 0 Å².